The van der Waals surface area contributed by atoms with E-state index >= 15 is 0 Å². The lowest BCUT2D eigenvalue weighted by atomic mass is 9.91. The van der Waals surface area contributed by atoms with Gasteiger partial charge >= 0.3 is 5.97 Å². The van der Waals surface area contributed by atoms with Crippen LogP contribution in [0.1, 0.15) is 84.0 Å². The van der Waals surface area contributed by atoms with E-state index < -0.39 is 11.5 Å². The molecule has 1 aromatic heterocycles. The fraction of sp³-hybridized carbons (Fsp3) is 0.538. The molecule has 2 aromatic rings. The summed E-state index contributed by atoms with van der Waals surface area (Å²) in [5.74, 6) is -1.18. The van der Waals surface area contributed by atoms with Gasteiger partial charge in [0.25, 0.3) is 5.91 Å². The fourth-order valence-corrected chi connectivity index (χ4v) is 5.16. The molecule has 0 spiro atoms. The second-order valence-electron chi connectivity index (χ2n) is 9.78. The molecule has 34 heavy (non-hydrogen) atoms. The van der Waals surface area contributed by atoms with E-state index in [4.69, 9.17) is 4.74 Å². The number of carbonyl (C=O) groups is 3. The second-order valence-corrected chi connectivity index (χ2v) is 9.78. The lowest BCUT2D eigenvalue weighted by molar-refractivity contribution is -0.127. The highest BCUT2D eigenvalue weighted by molar-refractivity contribution is 6.12. The van der Waals surface area contributed by atoms with Crippen molar-refractivity contribution in [3.8, 4) is 0 Å². The van der Waals surface area contributed by atoms with Crippen LogP contribution < -0.4 is 10.2 Å². The van der Waals surface area contributed by atoms with E-state index in [1.165, 1.54) is 37.1 Å². The van der Waals surface area contributed by atoms with Gasteiger partial charge in [0.15, 0.2) is 5.69 Å². The molecule has 4 rings (SSSR count). The van der Waals surface area contributed by atoms with Crippen molar-refractivity contribution < 1.29 is 19.1 Å². The molecular weight excluding hydrogens is 432 g/mol. The van der Waals surface area contributed by atoms with Crippen molar-refractivity contribution in [1.82, 2.24) is 15.1 Å². The van der Waals surface area contributed by atoms with Gasteiger partial charge < -0.3 is 10.1 Å². The number of hydrogen-bond acceptors (Lipinski definition) is 5. The van der Waals surface area contributed by atoms with E-state index in [-0.39, 0.29) is 35.8 Å². The van der Waals surface area contributed by atoms with Crippen LogP contribution in [-0.2, 0) is 16.1 Å². The Labute approximate surface area is 200 Å². The van der Waals surface area contributed by atoms with Gasteiger partial charge in [0.05, 0.1) is 13.7 Å². The minimum absolute atomic E-state index is 0.0519. The number of ether oxygens (including phenoxy) is 1. The normalized spacial score (nSPS) is 21.4. The zero-order chi connectivity index (χ0) is 24.5. The lowest BCUT2D eigenvalue weighted by Crippen LogP contribution is -2.65. The number of nitrogens with one attached hydrogen (secondary N) is 1. The molecule has 2 amide bonds. The number of fused-ring (bicyclic) bond motifs is 1. The Morgan fingerprint density at radius 2 is 1.76 bits per heavy atom. The van der Waals surface area contributed by atoms with Gasteiger partial charge in [-0.3, -0.25) is 19.2 Å². The van der Waals surface area contributed by atoms with Crippen LogP contribution in [0.4, 0.5) is 5.69 Å². The Morgan fingerprint density at radius 3 is 2.41 bits per heavy atom. The number of methoxy groups -OCH3 is 1. The van der Waals surface area contributed by atoms with Crippen LogP contribution in [0.25, 0.3) is 0 Å². The molecule has 1 aromatic carbocycles. The molecule has 1 aliphatic heterocycles. The third-order valence-electron chi connectivity index (χ3n) is 7.07. The summed E-state index contributed by atoms with van der Waals surface area (Å²) < 4.78 is 6.26. The molecule has 1 fully saturated rings. The molecule has 0 radical (unpaired) electrons. The van der Waals surface area contributed by atoms with Crippen molar-refractivity contribution in [2.45, 2.75) is 83.8 Å². The number of aryl methyl sites for hydroxylation is 2. The predicted molar refractivity (Wildman–Crippen MR) is 129 cm³/mol. The smallest absolute Gasteiger partial charge is 0.358 e. The molecule has 1 unspecified atom stereocenters. The van der Waals surface area contributed by atoms with E-state index in [0.29, 0.717) is 5.69 Å². The van der Waals surface area contributed by atoms with Gasteiger partial charge in [0.2, 0.25) is 5.91 Å². The van der Waals surface area contributed by atoms with Gasteiger partial charge in [-0.15, -0.1) is 0 Å². The van der Waals surface area contributed by atoms with Gasteiger partial charge in [0.1, 0.15) is 11.2 Å². The highest BCUT2D eigenvalue weighted by Crippen LogP contribution is 2.35. The van der Waals surface area contributed by atoms with Gasteiger partial charge in [-0.25, -0.2) is 4.79 Å². The minimum Gasteiger partial charge on any atom is -0.464 e. The maximum absolute atomic E-state index is 13.9. The first kappa shape index (κ1) is 24.0. The molecule has 2 heterocycles. The Morgan fingerprint density at radius 1 is 1.09 bits per heavy atom. The third kappa shape index (κ3) is 4.45. The van der Waals surface area contributed by atoms with E-state index in [1.807, 2.05) is 32.0 Å². The first-order chi connectivity index (χ1) is 16.2. The number of nitrogens with zero attached hydrogens (tertiary/aromatic N) is 3. The highest BCUT2D eigenvalue weighted by atomic mass is 16.5. The van der Waals surface area contributed by atoms with Crippen molar-refractivity contribution >= 4 is 23.5 Å². The molecule has 8 nitrogen and oxygen atoms in total. The first-order valence-electron chi connectivity index (χ1n) is 12.1. The minimum atomic E-state index is -1.22. The van der Waals surface area contributed by atoms with E-state index in [0.717, 1.165) is 36.8 Å². The van der Waals surface area contributed by atoms with Crippen molar-refractivity contribution in [3.63, 3.8) is 0 Å². The predicted octanol–water partition coefficient (Wildman–Crippen LogP) is 3.93. The standard InChI is InChI=1S/C26H34N4O4/c1-17-12-13-21(18(2)14-17)30-23(31)22-15-20(24(32)34-4)28-29(22)16-26(30,3)25(33)27-19-10-8-6-5-7-9-11-19/h12-15,19H,5-11,16H2,1-4H3,(H,27,33). The average molecular weight is 467 g/mol. The van der Waals surface area contributed by atoms with Crippen molar-refractivity contribution in [3.05, 3.63) is 46.8 Å². The molecule has 1 N–H and O–H groups in total. The summed E-state index contributed by atoms with van der Waals surface area (Å²) in [6, 6.07) is 7.36. The topological polar surface area (TPSA) is 93.5 Å². The zero-order valence-corrected chi connectivity index (χ0v) is 20.5. The van der Waals surface area contributed by atoms with Crippen LogP contribution in [0, 0.1) is 13.8 Å². The van der Waals surface area contributed by atoms with Crippen LogP contribution in [0.3, 0.4) is 0 Å². The van der Waals surface area contributed by atoms with E-state index in [9.17, 15) is 14.4 Å². The Bertz CT molecular complexity index is 1100. The number of anilines is 1. The average Bonchev–Trinajstić information content (AvgIpc) is 3.20. The molecule has 0 bridgehead atoms. The van der Waals surface area contributed by atoms with Crippen LogP contribution in [-0.4, -0.2) is 46.3 Å². The lowest BCUT2D eigenvalue weighted by Gasteiger charge is -2.44. The third-order valence-corrected chi connectivity index (χ3v) is 7.07. The van der Waals surface area contributed by atoms with Crippen LogP contribution in [0.15, 0.2) is 24.3 Å². The number of rotatable bonds is 4. The quantitative estimate of drug-likeness (QED) is 0.689. The van der Waals surface area contributed by atoms with Crippen LogP contribution in [0.5, 0.6) is 0 Å². The van der Waals surface area contributed by atoms with Gasteiger partial charge in [0, 0.05) is 17.8 Å². The Kier molecular flexibility index (Phi) is 6.77. The molecule has 2 aliphatic rings. The summed E-state index contributed by atoms with van der Waals surface area (Å²) in [7, 11) is 1.27. The van der Waals surface area contributed by atoms with Crippen molar-refractivity contribution in [2.75, 3.05) is 12.0 Å². The molecule has 1 saturated carbocycles. The summed E-state index contributed by atoms with van der Waals surface area (Å²) in [4.78, 5) is 41.4. The first-order valence-corrected chi connectivity index (χ1v) is 12.1. The van der Waals surface area contributed by atoms with Crippen molar-refractivity contribution in [1.29, 1.82) is 0 Å². The second kappa shape index (κ2) is 9.60. The molecule has 1 aliphatic carbocycles. The SMILES string of the molecule is COC(=O)c1cc2n(n1)CC(C)(C(=O)NC1CCCCCCC1)N(c1ccc(C)cc1C)C2=O. The van der Waals surface area contributed by atoms with E-state index in [2.05, 4.69) is 10.4 Å². The maximum atomic E-state index is 13.9. The van der Waals surface area contributed by atoms with Crippen LogP contribution in [0.2, 0.25) is 0 Å². The Hall–Kier alpha value is -3.16. The van der Waals surface area contributed by atoms with Gasteiger partial charge in [-0.05, 0) is 45.2 Å². The molecule has 1 atom stereocenters. The summed E-state index contributed by atoms with van der Waals surface area (Å²) in [5, 5.41) is 7.56. The summed E-state index contributed by atoms with van der Waals surface area (Å²) in [6.07, 6.45) is 7.68. The summed E-state index contributed by atoms with van der Waals surface area (Å²) >= 11 is 0. The fourth-order valence-electron chi connectivity index (χ4n) is 5.16. The number of esters is 1. The Balaban J connectivity index is 1.75. The highest BCUT2D eigenvalue weighted by Gasteiger charge is 2.49. The number of carbonyl (C=O) groups excluding carboxylic acids is 3. The molecular formula is C26H34N4O4. The van der Waals surface area contributed by atoms with Crippen molar-refractivity contribution in [2.24, 2.45) is 0 Å². The number of benzene rings is 1. The zero-order valence-electron chi connectivity index (χ0n) is 20.5. The number of aromatic nitrogens is 2. The molecule has 0 saturated heterocycles. The maximum Gasteiger partial charge on any atom is 0.358 e. The van der Waals surface area contributed by atoms with Gasteiger partial charge in [-0.1, -0.05) is 49.8 Å². The monoisotopic (exact) mass is 466 g/mol. The number of hydrogen-bond donors (Lipinski definition) is 1. The van der Waals surface area contributed by atoms with E-state index in [1.54, 1.807) is 11.8 Å². The van der Waals surface area contributed by atoms with Gasteiger partial charge in [-0.2, -0.15) is 5.10 Å². The summed E-state index contributed by atoms with van der Waals surface area (Å²) in [5.41, 5.74) is 1.75. The molecule has 8 heteroatoms. The van der Waals surface area contributed by atoms with Crippen LogP contribution >= 0.6 is 0 Å². The number of amides is 2. The largest absolute Gasteiger partial charge is 0.464 e. The molecule has 182 valence electrons. The summed E-state index contributed by atoms with van der Waals surface area (Å²) in [6.45, 7) is 5.85.